The Morgan fingerprint density at radius 2 is 2.00 bits per heavy atom. The molecule has 0 spiro atoms. The number of nitrogens with one attached hydrogen (secondary N) is 2. The molecule has 0 saturated carbocycles. The van der Waals surface area contributed by atoms with Gasteiger partial charge >= 0.3 is 0 Å². The highest BCUT2D eigenvalue weighted by molar-refractivity contribution is 6.01. The molecule has 6 heteroatoms. The van der Waals surface area contributed by atoms with Gasteiger partial charge in [0.05, 0.1) is 6.04 Å². The first-order valence-electron chi connectivity index (χ1n) is 8.02. The van der Waals surface area contributed by atoms with Crippen LogP contribution in [0, 0.1) is 5.82 Å². The van der Waals surface area contributed by atoms with Crippen LogP contribution in [0.5, 0.6) is 5.75 Å². The zero-order valence-electron chi connectivity index (χ0n) is 13.9. The van der Waals surface area contributed by atoms with Crippen molar-refractivity contribution in [2.75, 3.05) is 14.1 Å². The van der Waals surface area contributed by atoms with E-state index in [-0.39, 0.29) is 23.5 Å². The van der Waals surface area contributed by atoms with Crippen LogP contribution in [0.2, 0.25) is 0 Å². The van der Waals surface area contributed by atoms with Crippen molar-refractivity contribution in [1.29, 1.82) is 0 Å². The summed E-state index contributed by atoms with van der Waals surface area (Å²) in [5.74, 6) is -0.377. The molecule has 2 heterocycles. The lowest BCUT2D eigenvalue weighted by atomic mass is 9.95. The van der Waals surface area contributed by atoms with Crippen molar-refractivity contribution >= 4 is 16.8 Å². The van der Waals surface area contributed by atoms with Crippen molar-refractivity contribution in [1.82, 2.24) is 15.2 Å². The molecule has 5 nitrogen and oxygen atoms in total. The third-order valence-corrected chi connectivity index (χ3v) is 4.51. The molecule has 1 aromatic heterocycles. The molecule has 0 bridgehead atoms. The third-order valence-electron chi connectivity index (χ3n) is 4.51. The van der Waals surface area contributed by atoms with Gasteiger partial charge in [0.1, 0.15) is 11.6 Å². The van der Waals surface area contributed by atoms with Gasteiger partial charge in [0.2, 0.25) is 0 Å². The molecular weight excluding hydrogens is 321 g/mol. The second-order valence-electron chi connectivity index (χ2n) is 6.62. The molecule has 1 atom stereocenters. The van der Waals surface area contributed by atoms with E-state index in [4.69, 9.17) is 0 Å². The summed E-state index contributed by atoms with van der Waals surface area (Å²) >= 11 is 0. The highest BCUT2D eigenvalue weighted by atomic mass is 19.1. The molecular formula is C19H18FN3O2. The second kappa shape index (κ2) is 5.60. The van der Waals surface area contributed by atoms with E-state index in [0.717, 1.165) is 22.2 Å². The topological polar surface area (TPSA) is 68.4 Å². The van der Waals surface area contributed by atoms with Crippen LogP contribution in [0.3, 0.4) is 0 Å². The lowest BCUT2D eigenvalue weighted by Crippen LogP contribution is -2.22. The molecule has 1 amide bonds. The molecule has 128 valence electrons. The van der Waals surface area contributed by atoms with Crippen LogP contribution >= 0.6 is 0 Å². The van der Waals surface area contributed by atoms with E-state index in [2.05, 4.69) is 10.3 Å². The summed E-state index contributed by atoms with van der Waals surface area (Å²) in [6.07, 6.45) is 0. The highest BCUT2D eigenvalue weighted by Gasteiger charge is 2.33. The average Bonchev–Trinajstić information content (AvgIpc) is 3.03. The average molecular weight is 339 g/mol. The molecule has 0 fully saturated rings. The van der Waals surface area contributed by atoms with Crippen LogP contribution in [-0.4, -0.2) is 35.0 Å². The number of fused-ring (bicyclic) bond motifs is 2. The van der Waals surface area contributed by atoms with E-state index >= 15 is 0 Å². The van der Waals surface area contributed by atoms with Crippen LogP contribution in [0.1, 0.15) is 33.2 Å². The number of aromatic amines is 1. The highest BCUT2D eigenvalue weighted by Crippen LogP contribution is 2.38. The molecule has 0 aliphatic carbocycles. The predicted molar refractivity (Wildman–Crippen MR) is 93.1 cm³/mol. The minimum absolute atomic E-state index is 0.111. The monoisotopic (exact) mass is 339 g/mol. The number of aromatic hydroxyl groups is 1. The number of carbonyl (C=O) groups excluding carboxylic acids is 1. The maximum absolute atomic E-state index is 13.6. The Bertz CT molecular complexity index is 994. The number of hydrogen-bond donors (Lipinski definition) is 3. The number of H-pyrrole nitrogens is 1. The van der Waals surface area contributed by atoms with Gasteiger partial charge < -0.3 is 20.3 Å². The lowest BCUT2D eigenvalue weighted by molar-refractivity contribution is 0.0960. The van der Waals surface area contributed by atoms with Crippen molar-refractivity contribution in [3.05, 3.63) is 64.6 Å². The summed E-state index contributed by atoms with van der Waals surface area (Å²) in [6.45, 7) is 0.617. The number of hydrogen-bond acceptors (Lipinski definition) is 3. The van der Waals surface area contributed by atoms with E-state index < -0.39 is 0 Å². The number of phenolic OH excluding ortho intramolecular Hbond substituents is 1. The molecule has 3 aromatic rings. The van der Waals surface area contributed by atoms with Crippen molar-refractivity contribution in [3.63, 3.8) is 0 Å². The first-order chi connectivity index (χ1) is 11.9. The van der Waals surface area contributed by atoms with Crippen LogP contribution < -0.4 is 5.32 Å². The Balaban J connectivity index is 1.95. The fourth-order valence-electron chi connectivity index (χ4n) is 3.53. The fourth-order valence-corrected chi connectivity index (χ4v) is 3.53. The van der Waals surface area contributed by atoms with Gasteiger partial charge in [0.15, 0.2) is 0 Å². The lowest BCUT2D eigenvalue weighted by Gasteiger charge is -2.16. The van der Waals surface area contributed by atoms with Crippen LogP contribution in [0.25, 0.3) is 10.9 Å². The molecule has 3 N–H and O–H groups in total. The van der Waals surface area contributed by atoms with Gasteiger partial charge in [-0.3, -0.25) is 4.79 Å². The minimum atomic E-state index is -0.385. The van der Waals surface area contributed by atoms with Gasteiger partial charge in [-0.25, -0.2) is 4.39 Å². The minimum Gasteiger partial charge on any atom is -0.508 e. The Kier molecular flexibility index (Phi) is 3.51. The number of carbonyl (C=O) groups is 1. The summed E-state index contributed by atoms with van der Waals surface area (Å²) in [6, 6.07) is 8.95. The van der Waals surface area contributed by atoms with Crippen LogP contribution in [-0.2, 0) is 6.54 Å². The molecule has 1 unspecified atom stereocenters. The number of rotatable bonds is 3. The van der Waals surface area contributed by atoms with Gasteiger partial charge in [0, 0.05) is 34.3 Å². The first-order valence-corrected chi connectivity index (χ1v) is 8.02. The van der Waals surface area contributed by atoms with Gasteiger partial charge in [-0.15, -0.1) is 0 Å². The van der Waals surface area contributed by atoms with E-state index in [1.807, 2.05) is 19.0 Å². The third kappa shape index (κ3) is 2.55. The van der Waals surface area contributed by atoms with Crippen LogP contribution in [0.15, 0.2) is 36.4 Å². The largest absolute Gasteiger partial charge is 0.508 e. The van der Waals surface area contributed by atoms with Crippen LogP contribution in [0.4, 0.5) is 4.39 Å². The van der Waals surface area contributed by atoms with Crippen molar-refractivity contribution in [2.45, 2.75) is 12.6 Å². The zero-order chi connectivity index (χ0) is 17.7. The van der Waals surface area contributed by atoms with E-state index in [1.165, 1.54) is 18.2 Å². The first kappa shape index (κ1) is 15.7. The standard InChI is InChI=1S/C19H18FN3O2/c1-23(2)9-16-17(13-5-3-10(20)7-15(13)21-16)18-14-8-11(24)4-6-12(14)19(25)22-18/h3-8,18,21,24H,9H2,1-2H3,(H,22,25). The Labute approximate surface area is 144 Å². The molecule has 0 saturated heterocycles. The predicted octanol–water partition coefficient (Wildman–Crippen LogP) is 2.91. The summed E-state index contributed by atoms with van der Waals surface area (Å²) in [7, 11) is 3.89. The molecule has 25 heavy (non-hydrogen) atoms. The number of benzene rings is 2. The second-order valence-corrected chi connectivity index (χ2v) is 6.62. The summed E-state index contributed by atoms with van der Waals surface area (Å²) < 4.78 is 13.6. The number of nitrogens with zero attached hydrogens (tertiary/aromatic N) is 1. The number of phenols is 1. The molecule has 4 rings (SSSR count). The fraction of sp³-hybridized carbons (Fsp3) is 0.211. The van der Waals surface area contributed by atoms with E-state index in [1.54, 1.807) is 18.2 Å². The van der Waals surface area contributed by atoms with Gasteiger partial charge in [-0.05, 0) is 56.1 Å². The molecule has 2 aromatic carbocycles. The van der Waals surface area contributed by atoms with Gasteiger partial charge in [0.25, 0.3) is 5.91 Å². The number of halogens is 1. The number of amides is 1. The molecule has 1 aliphatic heterocycles. The van der Waals surface area contributed by atoms with Gasteiger partial charge in [-0.2, -0.15) is 0 Å². The maximum atomic E-state index is 13.6. The number of aromatic nitrogens is 1. The smallest absolute Gasteiger partial charge is 0.252 e. The summed E-state index contributed by atoms with van der Waals surface area (Å²) in [4.78, 5) is 17.6. The van der Waals surface area contributed by atoms with E-state index in [9.17, 15) is 14.3 Å². The Morgan fingerprint density at radius 1 is 1.20 bits per heavy atom. The summed E-state index contributed by atoms with van der Waals surface area (Å²) in [5, 5.41) is 13.7. The normalized spacial score (nSPS) is 16.5. The Morgan fingerprint density at radius 3 is 2.76 bits per heavy atom. The molecule has 1 aliphatic rings. The maximum Gasteiger partial charge on any atom is 0.252 e. The van der Waals surface area contributed by atoms with Crippen molar-refractivity contribution in [3.8, 4) is 5.75 Å². The van der Waals surface area contributed by atoms with Crippen molar-refractivity contribution in [2.24, 2.45) is 0 Å². The quantitative estimate of drug-likeness (QED) is 0.687. The summed E-state index contributed by atoms with van der Waals surface area (Å²) in [5.41, 5.74) is 3.79. The SMILES string of the molecule is CN(C)Cc1[nH]c2cc(F)ccc2c1C1NC(=O)c2ccc(O)cc21. The molecule has 0 radical (unpaired) electrons. The van der Waals surface area contributed by atoms with Crippen molar-refractivity contribution < 1.29 is 14.3 Å². The Hall–Kier alpha value is -2.86. The van der Waals surface area contributed by atoms with E-state index in [0.29, 0.717) is 17.6 Å². The van der Waals surface area contributed by atoms with Gasteiger partial charge in [-0.1, -0.05) is 0 Å². The zero-order valence-corrected chi connectivity index (χ0v) is 13.9.